The summed E-state index contributed by atoms with van der Waals surface area (Å²) >= 11 is 0. The lowest BCUT2D eigenvalue weighted by Crippen LogP contribution is -2.36. The lowest BCUT2D eigenvalue weighted by Gasteiger charge is -2.18. The molecule has 1 aromatic heterocycles. The highest BCUT2D eigenvalue weighted by molar-refractivity contribution is 5.95. The Hall–Kier alpha value is -2.15. The Kier molecular flexibility index (Phi) is 7.86. The number of rotatable bonds is 13. The summed E-state index contributed by atoms with van der Waals surface area (Å²) in [5.74, 6) is 1.49. The first kappa shape index (κ1) is 21.6. The van der Waals surface area contributed by atoms with Crippen LogP contribution in [0.25, 0.3) is 0 Å². The first-order valence-electron chi connectivity index (χ1n) is 10.8. The minimum atomic E-state index is -0.232. The molecule has 2 aliphatic rings. The average molecular weight is 404 g/mol. The Morgan fingerprint density at radius 2 is 2.07 bits per heavy atom. The zero-order valence-corrected chi connectivity index (χ0v) is 17.5. The van der Waals surface area contributed by atoms with Crippen LogP contribution in [0.2, 0.25) is 0 Å². The molecule has 2 aliphatic carbocycles. The van der Waals surface area contributed by atoms with Gasteiger partial charge in [-0.25, -0.2) is 4.98 Å². The smallest absolute Gasteiger partial charge is 0.273 e. The van der Waals surface area contributed by atoms with Crippen LogP contribution in [0.4, 0.5) is 0 Å². The standard InChI is InChI=1S/C22H33N3O4/c1-3-18(8-9-20(26)23-10-11-28-2)25-22(27)21-19(29-14-15-4-5-15)12-17(13-24-21)16-6-7-16/h12-13,15-16,18H,3-11,14H2,1-2H3,(H,23,26)(H,25,27). The normalized spacial score (nSPS) is 16.9. The highest BCUT2D eigenvalue weighted by Crippen LogP contribution is 2.41. The number of amides is 2. The van der Waals surface area contributed by atoms with Crippen molar-refractivity contribution in [2.24, 2.45) is 5.92 Å². The van der Waals surface area contributed by atoms with Crippen molar-refractivity contribution < 1.29 is 19.1 Å². The van der Waals surface area contributed by atoms with Crippen LogP contribution in [0.15, 0.2) is 12.3 Å². The van der Waals surface area contributed by atoms with Gasteiger partial charge < -0.3 is 20.1 Å². The molecule has 2 fully saturated rings. The largest absolute Gasteiger partial charge is 0.491 e. The fraction of sp³-hybridized carbons (Fsp3) is 0.682. The molecule has 1 atom stereocenters. The van der Waals surface area contributed by atoms with Crippen LogP contribution in [0.1, 0.15) is 73.8 Å². The summed E-state index contributed by atoms with van der Waals surface area (Å²) in [7, 11) is 1.60. The van der Waals surface area contributed by atoms with Crippen LogP contribution in [0, 0.1) is 5.92 Å². The molecule has 3 rings (SSSR count). The number of nitrogens with one attached hydrogen (secondary N) is 2. The SMILES string of the molecule is CCC(CCC(=O)NCCOC)NC(=O)c1ncc(C2CC2)cc1OCC1CC1. The number of ether oxygens (including phenoxy) is 2. The quantitative estimate of drug-likeness (QED) is 0.494. The third-order valence-electron chi connectivity index (χ3n) is 5.49. The summed E-state index contributed by atoms with van der Waals surface area (Å²) in [6, 6.07) is 1.91. The summed E-state index contributed by atoms with van der Waals surface area (Å²) < 4.78 is 10.9. The van der Waals surface area contributed by atoms with E-state index >= 15 is 0 Å². The highest BCUT2D eigenvalue weighted by Gasteiger charge is 2.28. The predicted octanol–water partition coefficient (Wildman–Crippen LogP) is 2.80. The van der Waals surface area contributed by atoms with E-state index in [9.17, 15) is 9.59 Å². The van der Waals surface area contributed by atoms with Gasteiger partial charge in [0.1, 0.15) is 0 Å². The number of hydrogen-bond donors (Lipinski definition) is 2. The predicted molar refractivity (Wildman–Crippen MR) is 110 cm³/mol. The highest BCUT2D eigenvalue weighted by atomic mass is 16.5. The molecule has 2 amide bonds. The Morgan fingerprint density at radius 3 is 2.72 bits per heavy atom. The van der Waals surface area contributed by atoms with Gasteiger partial charge in [0.2, 0.25) is 5.91 Å². The third-order valence-corrected chi connectivity index (χ3v) is 5.49. The molecule has 1 unspecified atom stereocenters. The molecule has 0 aliphatic heterocycles. The van der Waals surface area contributed by atoms with Gasteiger partial charge in [0.25, 0.3) is 5.91 Å². The van der Waals surface area contributed by atoms with Crippen LogP contribution < -0.4 is 15.4 Å². The summed E-state index contributed by atoms with van der Waals surface area (Å²) in [6.45, 7) is 3.64. The summed E-state index contributed by atoms with van der Waals surface area (Å²) in [5, 5.41) is 5.83. The van der Waals surface area contributed by atoms with Gasteiger partial charge in [-0.2, -0.15) is 0 Å². The van der Waals surface area contributed by atoms with E-state index in [1.165, 1.54) is 25.7 Å². The van der Waals surface area contributed by atoms with Crippen LogP contribution in [0.3, 0.4) is 0 Å². The molecule has 29 heavy (non-hydrogen) atoms. The molecular formula is C22H33N3O4. The Balaban J connectivity index is 1.56. The van der Waals surface area contributed by atoms with Crippen molar-refractivity contribution in [2.75, 3.05) is 26.9 Å². The number of hydrogen-bond acceptors (Lipinski definition) is 5. The summed E-state index contributed by atoms with van der Waals surface area (Å²) in [4.78, 5) is 29.2. The number of methoxy groups -OCH3 is 1. The molecule has 2 saturated carbocycles. The number of carbonyl (C=O) groups is 2. The van der Waals surface area contributed by atoms with E-state index in [0.29, 0.717) is 55.9 Å². The summed E-state index contributed by atoms with van der Waals surface area (Å²) in [6.07, 6.45) is 8.25. The lowest BCUT2D eigenvalue weighted by atomic mass is 10.1. The van der Waals surface area contributed by atoms with E-state index < -0.39 is 0 Å². The van der Waals surface area contributed by atoms with Crippen molar-refractivity contribution in [3.05, 3.63) is 23.5 Å². The topological polar surface area (TPSA) is 89.6 Å². The maximum Gasteiger partial charge on any atom is 0.273 e. The third kappa shape index (κ3) is 6.99. The Labute approximate surface area is 172 Å². The van der Waals surface area contributed by atoms with Gasteiger partial charge in [0.05, 0.1) is 13.2 Å². The van der Waals surface area contributed by atoms with Crippen molar-refractivity contribution in [1.29, 1.82) is 0 Å². The molecule has 0 bridgehead atoms. The first-order chi connectivity index (χ1) is 14.1. The van der Waals surface area contributed by atoms with E-state index in [1.807, 2.05) is 13.0 Å². The van der Waals surface area contributed by atoms with Gasteiger partial charge in [-0.3, -0.25) is 9.59 Å². The van der Waals surface area contributed by atoms with Crippen molar-refractivity contribution in [3.8, 4) is 5.75 Å². The Morgan fingerprint density at radius 1 is 1.28 bits per heavy atom. The van der Waals surface area contributed by atoms with Crippen molar-refractivity contribution in [1.82, 2.24) is 15.6 Å². The molecule has 0 radical (unpaired) electrons. The number of aromatic nitrogens is 1. The zero-order valence-electron chi connectivity index (χ0n) is 17.5. The van der Waals surface area contributed by atoms with Crippen LogP contribution >= 0.6 is 0 Å². The zero-order chi connectivity index (χ0) is 20.6. The second-order valence-electron chi connectivity index (χ2n) is 8.10. The maximum atomic E-state index is 12.9. The molecule has 7 nitrogen and oxygen atoms in total. The molecule has 1 aromatic rings. The summed E-state index contributed by atoms with van der Waals surface area (Å²) in [5.41, 5.74) is 1.50. The van der Waals surface area contributed by atoms with Gasteiger partial charge >= 0.3 is 0 Å². The van der Waals surface area contributed by atoms with Gasteiger partial charge in [-0.05, 0) is 62.0 Å². The second-order valence-corrected chi connectivity index (χ2v) is 8.10. The van der Waals surface area contributed by atoms with Crippen molar-refractivity contribution >= 4 is 11.8 Å². The van der Waals surface area contributed by atoms with E-state index in [2.05, 4.69) is 15.6 Å². The molecule has 160 valence electrons. The second kappa shape index (κ2) is 10.6. The molecule has 1 heterocycles. The monoisotopic (exact) mass is 403 g/mol. The van der Waals surface area contributed by atoms with Gasteiger partial charge in [-0.15, -0.1) is 0 Å². The van der Waals surface area contributed by atoms with Crippen molar-refractivity contribution in [2.45, 2.75) is 63.8 Å². The van der Waals surface area contributed by atoms with Gasteiger partial charge in [0.15, 0.2) is 11.4 Å². The average Bonchev–Trinajstić information content (AvgIpc) is 3.63. The number of carbonyl (C=O) groups excluding carboxylic acids is 2. The van der Waals surface area contributed by atoms with Gasteiger partial charge in [0, 0.05) is 32.3 Å². The van der Waals surface area contributed by atoms with E-state index in [-0.39, 0.29) is 17.9 Å². The molecule has 0 saturated heterocycles. The van der Waals surface area contributed by atoms with Crippen molar-refractivity contribution in [3.63, 3.8) is 0 Å². The molecule has 0 spiro atoms. The molecular weight excluding hydrogens is 370 g/mol. The fourth-order valence-electron chi connectivity index (χ4n) is 3.19. The van der Waals surface area contributed by atoms with Crippen LogP contribution in [-0.4, -0.2) is 49.7 Å². The van der Waals surface area contributed by atoms with Gasteiger partial charge in [-0.1, -0.05) is 6.92 Å². The Bertz CT molecular complexity index is 701. The van der Waals surface area contributed by atoms with Crippen LogP contribution in [-0.2, 0) is 9.53 Å². The number of nitrogens with zero attached hydrogens (tertiary/aromatic N) is 1. The minimum Gasteiger partial charge on any atom is -0.491 e. The fourth-order valence-corrected chi connectivity index (χ4v) is 3.19. The van der Waals surface area contributed by atoms with Crippen LogP contribution in [0.5, 0.6) is 5.75 Å². The van der Waals surface area contributed by atoms with E-state index in [1.54, 1.807) is 13.3 Å². The maximum absolute atomic E-state index is 12.9. The molecule has 7 heteroatoms. The van der Waals surface area contributed by atoms with E-state index in [0.717, 1.165) is 12.0 Å². The lowest BCUT2D eigenvalue weighted by molar-refractivity contribution is -0.121. The molecule has 0 aromatic carbocycles. The minimum absolute atomic E-state index is 0.0323. The molecule has 2 N–H and O–H groups in total. The van der Waals surface area contributed by atoms with E-state index in [4.69, 9.17) is 9.47 Å². The first-order valence-corrected chi connectivity index (χ1v) is 10.8. The number of pyridine rings is 1.